The number of hydrogen-bond donors (Lipinski definition) is 1. The fourth-order valence-electron chi connectivity index (χ4n) is 1.29. The molecule has 2 aromatic rings. The molecular formula is C9H5BrF2N2OS. The molecule has 1 aromatic heterocycles. The molecule has 7 heteroatoms. The van der Waals surface area contributed by atoms with Crippen molar-refractivity contribution in [3.05, 3.63) is 32.5 Å². The van der Waals surface area contributed by atoms with Gasteiger partial charge >= 0.3 is 0 Å². The van der Waals surface area contributed by atoms with Crippen LogP contribution in [0.3, 0.4) is 0 Å². The van der Waals surface area contributed by atoms with E-state index in [0.717, 1.165) is 0 Å². The Balaban J connectivity index is 3.00. The van der Waals surface area contributed by atoms with Gasteiger partial charge in [-0.25, -0.2) is 13.8 Å². The summed E-state index contributed by atoms with van der Waals surface area (Å²) in [6.07, 6.45) is 1.70. The monoisotopic (exact) mass is 306 g/mol. The van der Waals surface area contributed by atoms with Crippen molar-refractivity contribution in [3.8, 4) is 0 Å². The third kappa shape index (κ3) is 1.73. The van der Waals surface area contributed by atoms with Crippen molar-refractivity contribution in [2.75, 3.05) is 6.26 Å². The molecule has 0 aliphatic heterocycles. The standard InChI is InChI=1S/C9H5BrF2N2OS/c1-16-9-13-7-4(12)2-3(11)6(10)5(7)8(15)14-9/h2H,1H3,(H,13,14,15). The Kier molecular flexibility index (Phi) is 2.98. The zero-order valence-electron chi connectivity index (χ0n) is 7.97. The summed E-state index contributed by atoms with van der Waals surface area (Å²) in [6, 6.07) is 0.697. The van der Waals surface area contributed by atoms with Crippen LogP contribution in [0.2, 0.25) is 0 Å². The minimum atomic E-state index is -0.850. The fourth-order valence-corrected chi connectivity index (χ4v) is 2.15. The Bertz CT molecular complexity index is 629. The van der Waals surface area contributed by atoms with Gasteiger partial charge in [0.1, 0.15) is 11.3 Å². The van der Waals surface area contributed by atoms with E-state index in [1.165, 1.54) is 11.8 Å². The van der Waals surface area contributed by atoms with Crippen LogP contribution >= 0.6 is 27.7 Å². The van der Waals surface area contributed by atoms with Crippen LogP contribution in [-0.4, -0.2) is 16.2 Å². The van der Waals surface area contributed by atoms with Gasteiger partial charge in [0.05, 0.1) is 9.86 Å². The topological polar surface area (TPSA) is 45.8 Å². The largest absolute Gasteiger partial charge is 0.301 e. The summed E-state index contributed by atoms with van der Waals surface area (Å²) in [4.78, 5) is 17.9. The van der Waals surface area contributed by atoms with Gasteiger partial charge in [-0.05, 0) is 22.2 Å². The van der Waals surface area contributed by atoms with Gasteiger partial charge in [0, 0.05) is 6.07 Å². The summed E-state index contributed by atoms with van der Waals surface area (Å²) in [5.74, 6) is -1.67. The maximum absolute atomic E-state index is 13.4. The fraction of sp³-hybridized carbons (Fsp3) is 0.111. The summed E-state index contributed by atoms with van der Waals surface area (Å²) in [6.45, 7) is 0. The van der Waals surface area contributed by atoms with Crippen LogP contribution in [0.15, 0.2) is 20.5 Å². The second-order valence-corrected chi connectivity index (χ2v) is 4.54. The van der Waals surface area contributed by atoms with Gasteiger partial charge in [-0.2, -0.15) is 0 Å². The van der Waals surface area contributed by atoms with Crippen LogP contribution in [-0.2, 0) is 0 Å². The number of thioether (sulfide) groups is 1. The Morgan fingerprint density at radius 1 is 1.44 bits per heavy atom. The van der Waals surface area contributed by atoms with Crippen LogP contribution in [0.5, 0.6) is 0 Å². The molecule has 16 heavy (non-hydrogen) atoms. The molecule has 0 fully saturated rings. The molecule has 0 unspecified atom stereocenters. The van der Waals surface area contributed by atoms with E-state index in [4.69, 9.17) is 0 Å². The Labute approximate surface area is 101 Å². The van der Waals surface area contributed by atoms with E-state index in [0.29, 0.717) is 6.07 Å². The summed E-state index contributed by atoms with van der Waals surface area (Å²) in [7, 11) is 0. The minimum Gasteiger partial charge on any atom is -0.301 e. The first kappa shape index (κ1) is 11.5. The molecule has 0 aliphatic rings. The minimum absolute atomic E-state index is 0.0784. The molecule has 0 amide bonds. The molecule has 84 valence electrons. The molecular weight excluding hydrogens is 302 g/mol. The number of nitrogens with one attached hydrogen (secondary N) is 1. The van der Waals surface area contributed by atoms with Crippen molar-refractivity contribution in [1.82, 2.24) is 9.97 Å². The van der Waals surface area contributed by atoms with Crippen molar-refractivity contribution < 1.29 is 8.78 Å². The zero-order chi connectivity index (χ0) is 11.9. The van der Waals surface area contributed by atoms with E-state index >= 15 is 0 Å². The summed E-state index contributed by atoms with van der Waals surface area (Å²) < 4.78 is 26.6. The number of aromatic amines is 1. The highest BCUT2D eigenvalue weighted by molar-refractivity contribution is 9.10. The third-order valence-electron chi connectivity index (χ3n) is 2.00. The first-order chi connectivity index (χ1) is 7.54. The predicted octanol–water partition coefficient (Wildman–Crippen LogP) is 2.69. The first-order valence-electron chi connectivity index (χ1n) is 4.16. The van der Waals surface area contributed by atoms with E-state index in [1.54, 1.807) is 6.26 Å². The summed E-state index contributed by atoms with van der Waals surface area (Å²) >= 11 is 4.08. The van der Waals surface area contributed by atoms with Crippen LogP contribution in [0.4, 0.5) is 8.78 Å². The first-order valence-corrected chi connectivity index (χ1v) is 6.18. The Morgan fingerprint density at radius 2 is 2.12 bits per heavy atom. The quantitative estimate of drug-likeness (QED) is 0.500. The number of nitrogens with zero attached hydrogens (tertiary/aromatic N) is 1. The second kappa shape index (κ2) is 4.14. The van der Waals surface area contributed by atoms with Crippen molar-refractivity contribution in [1.29, 1.82) is 0 Å². The van der Waals surface area contributed by atoms with Gasteiger partial charge < -0.3 is 4.98 Å². The van der Waals surface area contributed by atoms with Gasteiger partial charge in [0.2, 0.25) is 0 Å². The van der Waals surface area contributed by atoms with Gasteiger partial charge in [0.25, 0.3) is 5.56 Å². The van der Waals surface area contributed by atoms with Crippen LogP contribution in [0.1, 0.15) is 0 Å². The lowest BCUT2D eigenvalue weighted by atomic mass is 10.2. The van der Waals surface area contributed by atoms with Crippen LogP contribution < -0.4 is 5.56 Å². The molecule has 0 saturated heterocycles. The van der Waals surface area contributed by atoms with Crippen molar-refractivity contribution in [3.63, 3.8) is 0 Å². The van der Waals surface area contributed by atoms with E-state index in [9.17, 15) is 13.6 Å². The molecule has 0 saturated carbocycles. The predicted molar refractivity (Wildman–Crippen MR) is 61.8 cm³/mol. The number of benzene rings is 1. The molecule has 0 atom stereocenters. The maximum atomic E-state index is 13.4. The highest BCUT2D eigenvalue weighted by atomic mass is 79.9. The number of aromatic nitrogens is 2. The number of hydrogen-bond acceptors (Lipinski definition) is 3. The van der Waals surface area contributed by atoms with E-state index in [-0.39, 0.29) is 20.5 Å². The number of fused-ring (bicyclic) bond motifs is 1. The molecule has 1 heterocycles. The summed E-state index contributed by atoms with van der Waals surface area (Å²) in [5.41, 5.74) is -0.707. The average Bonchev–Trinajstić information content (AvgIpc) is 2.25. The second-order valence-electron chi connectivity index (χ2n) is 2.95. The van der Waals surface area contributed by atoms with E-state index in [2.05, 4.69) is 25.9 Å². The molecule has 0 bridgehead atoms. The van der Waals surface area contributed by atoms with Gasteiger partial charge in [-0.15, -0.1) is 0 Å². The lowest BCUT2D eigenvalue weighted by molar-refractivity contribution is 0.585. The third-order valence-corrected chi connectivity index (χ3v) is 3.36. The highest BCUT2D eigenvalue weighted by Gasteiger charge is 2.15. The lowest BCUT2D eigenvalue weighted by Gasteiger charge is -2.03. The molecule has 1 aromatic carbocycles. The Morgan fingerprint density at radius 3 is 2.75 bits per heavy atom. The number of halogens is 3. The van der Waals surface area contributed by atoms with Crippen LogP contribution in [0.25, 0.3) is 10.9 Å². The molecule has 2 rings (SSSR count). The normalized spacial score (nSPS) is 11.0. The Hall–Kier alpha value is -0.950. The lowest BCUT2D eigenvalue weighted by Crippen LogP contribution is -2.11. The zero-order valence-corrected chi connectivity index (χ0v) is 10.4. The van der Waals surface area contributed by atoms with Crippen molar-refractivity contribution >= 4 is 38.6 Å². The van der Waals surface area contributed by atoms with E-state index < -0.39 is 17.2 Å². The SMILES string of the molecule is CSc1nc2c(F)cc(F)c(Br)c2c(=O)[nH]1. The van der Waals surface area contributed by atoms with Gasteiger partial charge in [-0.3, -0.25) is 4.79 Å². The maximum Gasteiger partial charge on any atom is 0.260 e. The number of H-pyrrole nitrogens is 1. The van der Waals surface area contributed by atoms with Gasteiger partial charge in [0.15, 0.2) is 11.0 Å². The molecule has 0 spiro atoms. The molecule has 0 radical (unpaired) electrons. The summed E-state index contributed by atoms with van der Waals surface area (Å²) in [5, 5.41) is 0.171. The smallest absolute Gasteiger partial charge is 0.260 e. The highest BCUT2D eigenvalue weighted by Crippen LogP contribution is 2.26. The molecule has 0 aliphatic carbocycles. The molecule has 1 N–H and O–H groups in total. The van der Waals surface area contributed by atoms with Gasteiger partial charge in [-0.1, -0.05) is 11.8 Å². The molecule has 3 nitrogen and oxygen atoms in total. The van der Waals surface area contributed by atoms with E-state index in [1.807, 2.05) is 0 Å². The number of rotatable bonds is 1. The van der Waals surface area contributed by atoms with Crippen molar-refractivity contribution in [2.45, 2.75) is 5.16 Å². The average molecular weight is 307 g/mol. The van der Waals surface area contributed by atoms with Crippen LogP contribution in [0, 0.1) is 11.6 Å². The van der Waals surface area contributed by atoms with Crippen molar-refractivity contribution in [2.24, 2.45) is 0 Å².